The first-order valence-electron chi connectivity index (χ1n) is 7.67. The van der Waals surface area contributed by atoms with Gasteiger partial charge < -0.3 is 4.90 Å². The second-order valence-electron chi connectivity index (χ2n) is 5.94. The first-order chi connectivity index (χ1) is 10.6. The highest BCUT2D eigenvalue weighted by atomic mass is 32.1. The van der Waals surface area contributed by atoms with Gasteiger partial charge in [0.2, 0.25) is 0 Å². The maximum absolute atomic E-state index is 12.3. The fraction of sp³-hybridized carbons (Fsp3) is 0.500. The van der Waals surface area contributed by atoms with Crippen molar-refractivity contribution in [2.75, 3.05) is 20.1 Å². The summed E-state index contributed by atoms with van der Waals surface area (Å²) in [5, 5.41) is 9.03. The lowest BCUT2D eigenvalue weighted by molar-refractivity contribution is 0.0644. The van der Waals surface area contributed by atoms with Gasteiger partial charge in [-0.05, 0) is 38.3 Å². The van der Waals surface area contributed by atoms with Crippen LogP contribution in [0.3, 0.4) is 0 Å². The molecule has 118 valence electrons. The summed E-state index contributed by atoms with van der Waals surface area (Å²) in [5.74, 6) is 0.182. The SMILES string of the molecule is Cc1[nH]ncc1CN(C)C1CCN(C(=O)c2cccs2)CC1. The van der Waals surface area contributed by atoms with Crippen molar-refractivity contribution in [3.63, 3.8) is 0 Å². The number of hydrogen-bond donors (Lipinski definition) is 1. The van der Waals surface area contributed by atoms with Gasteiger partial charge in [-0.25, -0.2) is 0 Å². The van der Waals surface area contributed by atoms with Crippen LogP contribution in [-0.2, 0) is 6.54 Å². The molecule has 1 aliphatic rings. The zero-order valence-electron chi connectivity index (χ0n) is 13.1. The van der Waals surface area contributed by atoms with E-state index in [2.05, 4.69) is 29.1 Å². The van der Waals surface area contributed by atoms with Gasteiger partial charge in [0.1, 0.15) is 0 Å². The maximum Gasteiger partial charge on any atom is 0.263 e. The molecule has 3 heterocycles. The van der Waals surface area contributed by atoms with E-state index in [0.717, 1.165) is 43.0 Å². The number of amides is 1. The number of piperidine rings is 1. The summed E-state index contributed by atoms with van der Waals surface area (Å²) in [4.78, 5) is 17.6. The van der Waals surface area contributed by atoms with Crippen LogP contribution in [0.5, 0.6) is 0 Å². The summed E-state index contributed by atoms with van der Waals surface area (Å²) in [6.45, 7) is 4.65. The van der Waals surface area contributed by atoms with E-state index in [-0.39, 0.29) is 5.91 Å². The fourth-order valence-electron chi connectivity index (χ4n) is 3.00. The molecule has 1 aliphatic heterocycles. The highest BCUT2D eigenvalue weighted by Crippen LogP contribution is 2.21. The van der Waals surface area contributed by atoms with Crippen LogP contribution in [0.15, 0.2) is 23.7 Å². The summed E-state index contributed by atoms with van der Waals surface area (Å²) in [7, 11) is 2.16. The van der Waals surface area contributed by atoms with Crippen molar-refractivity contribution >= 4 is 17.2 Å². The Morgan fingerprint density at radius 3 is 2.86 bits per heavy atom. The molecule has 0 atom stereocenters. The molecule has 0 bridgehead atoms. The van der Waals surface area contributed by atoms with Crippen LogP contribution in [0.4, 0.5) is 0 Å². The average molecular weight is 318 g/mol. The minimum absolute atomic E-state index is 0.182. The van der Waals surface area contributed by atoms with Crippen LogP contribution in [0.25, 0.3) is 0 Å². The van der Waals surface area contributed by atoms with Gasteiger partial charge >= 0.3 is 0 Å². The van der Waals surface area contributed by atoms with Crippen LogP contribution in [0.2, 0.25) is 0 Å². The van der Waals surface area contributed by atoms with Crippen molar-refractivity contribution in [3.05, 3.63) is 39.8 Å². The molecule has 22 heavy (non-hydrogen) atoms. The van der Waals surface area contributed by atoms with Gasteiger partial charge in [0.05, 0.1) is 11.1 Å². The van der Waals surface area contributed by atoms with E-state index in [4.69, 9.17) is 0 Å². The van der Waals surface area contributed by atoms with Crippen molar-refractivity contribution in [3.8, 4) is 0 Å². The number of nitrogens with one attached hydrogen (secondary N) is 1. The molecule has 6 heteroatoms. The summed E-state index contributed by atoms with van der Waals surface area (Å²) in [5.41, 5.74) is 2.39. The molecule has 0 aromatic carbocycles. The lowest BCUT2D eigenvalue weighted by Gasteiger charge is -2.36. The van der Waals surface area contributed by atoms with E-state index in [9.17, 15) is 4.79 Å². The van der Waals surface area contributed by atoms with Crippen molar-refractivity contribution in [2.24, 2.45) is 0 Å². The van der Waals surface area contributed by atoms with E-state index < -0.39 is 0 Å². The Kier molecular flexibility index (Phi) is 4.59. The van der Waals surface area contributed by atoms with Crippen molar-refractivity contribution in [1.82, 2.24) is 20.0 Å². The van der Waals surface area contributed by atoms with Crippen molar-refractivity contribution < 1.29 is 4.79 Å². The molecular weight excluding hydrogens is 296 g/mol. The molecule has 0 spiro atoms. The van der Waals surface area contributed by atoms with Crippen LogP contribution in [-0.4, -0.2) is 52.1 Å². The number of hydrogen-bond acceptors (Lipinski definition) is 4. The van der Waals surface area contributed by atoms with Crippen molar-refractivity contribution in [1.29, 1.82) is 0 Å². The molecule has 3 rings (SSSR count). The predicted octanol–water partition coefficient (Wildman–Crippen LogP) is 2.52. The third-order valence-electron chi connectivity index (χ3n) is 4.46. The smallest absolute Gasteiger partial charge is 0.263 e. The number of carbonyl (C=O) groups excluding carboxylic acids is 1. The van der Waals surface area contributed by atoms with E-state index in [0.29, 0.717) is 6.04 Å². The Labute approximate surface area is 134 Å². The number of rotatable bonds is 4. The molecule has 5 nitrogen and oxygen atoms in total. The highest BCUT2D eigenvalue weighted by Gasteiger charge is 2.26. The van der Waals surface area contributed by atoms with Crippen molar-refractivity contribution in [2.45, 2.75) is 32.4 Å². The summed E-state index contributed by atoms with van der Waals surface area (Å²) in [6, 6.07) is 4.38. The molecular formula is C16H22N4OS. The Hall–Kier alpha value is -1.66. The number of H-pyrrole nitrogens is 1. The second kappa shape index (κ2) is 6.62. The molecule has 0 saturated carbocycles. The standard InChI is InChI=1S/C16H22N4OS/c1-12-13(10-17-18-12)11-19(2)14-5-7-20(8-6-14)16(21)15-4-3-9-22-15/h3-4,9-10,14H,5-8,11H2,1-2H3,(H,17,18). The topological polar surface area (TPSA) is 52.2 Å². The average Bonchev–Trinajstić information content (AvgIpc) is 3.19. The number of aromatic nitrogens is 2. The molecule has 1 fully saturated rings. The molecule has 0 unspecified atom stereocenters. The number of nitrogens with zero attached hydrogens (tertiary/aromatic N) is 3. The lowest BCUT2D eigenvalue weighted by Crippen LogP contribution is -2.45. The lowest BCUT2D eigenvalue weighted by atomic mass is 10.0. The Balaban J connectivity index is 1.53. The molecule has 2 aromatic heterocycles. The fourth-order valence-corrected chi connectivity index (χ4v) is 3.69. The number of likely N-dealkylation sites (tertiary alicyclic amines) is 1. The van der Waals surface area contributed by atoms with Gasteiger partial charge in [-0.15, -0.1) is 11.3 Å². The first-order valence-corrected chi connectivity index (χ1v) is 8.55. The first kappa shape index (κ1) is 15.2. The van der Waals surface area contributed by atoms with Gasteiger partial charge in [0.15, 0.2) is 0 Å². The van der Waals surface area contributed by atoms with Gasteiger partial charge in [-0.2, -0.15) is 5.10 Å². The second-order valence-corrected chi connectivity index (χ2v) is 6.88. The number of thiophene rings is 1. The van der Waals surface area contributed by atoms with Gasteiger partial charge in [-0.3, -0.25) is 14.8 Å². The van der Waals surface area contributed by atoms with E-state index in [1.54, 1.807) is 0 Å². The van der Waals surface area contributed by atoms with Gasteiger partial charge in [-0.1, -0.05) is 6.07 Å². The summed E-state index contributed by atoms with van der Waals surface area (Å²) >= 11 is 1.52. The molecule has 1 N–H and O–H groups in total. The molecule has 0 radical (unpaired) electrons. The van der Waals surface area contributed by atoms with E-state index >= 15 is 0 Å². The van der Waals surface area contributed by atoms with E-state index in [1.807, 2.05) is 28.6 Å². The normalized spacial score (nSPS) is 16.4. The number of carbonyl (C=O) groups is 1. The quantitative estimate of drug-likeness (QED) is 0.942. The largest absolute Gasteiger partial charge is 0.338 e. The van der Waals surface area contributed by atoms with Gasteiger partial charge in [0.25, 0.3) is 5.91 Å². The Morgan fingerprint density at radius 2 is 2.27 bits per heavy atom. The molecule has 2 aromatic rings. The van der Waals surface area contributed by atoms with E-state index in [1.165, 1.54) is 16.9 Å². The number of aryl methyl sites for hydroxylation is 1. The molecule has 1 amide bonds. The van der Waals surface area contributed by atoms with Crippen LogP contribution < -0.4 is 0 Å². The summed E-state index contributed by atoms with van der Waals surface area (Å²) in [6.07, 6.45) is 3.97. The Morgan fingerprint density at radius 1 is 1.50 bits per heavy atom. The zero-order chi connectivity index (χ0) is 15.5. The summed E-state index contributed by atoms with van der Waals surface area (Å²) < 4.78 is 0. The third-order valence-corrected chi connectivity index (χ3v) is 5.32. The monoisotopic (exact) mass is 318 g/mol. The minimum atomic E-state index is 0.182. The highest BCUT2D eigenvalue weighted by molar-refractivity contribution is 7.12. The predicted molar refractivity (Wildman–Crippen MR) is 88.0 cm³/mol. The minimum Gasteiger partial charge on any atom is -0.338 e. The number of aromatic amines is 1. The van der Waals surface area contributed by atoms with Crippen LogP contribution >= 0.6 is 11.3 Å². The molecule has 1 saturated heterocycles. The molecule has 0 aliphatic carbocycles. The van der Waals surface area contributed by atoms with Gasteiger partial charge in [0, 0.05) is 36.9 Å². The Bertz CT molecular complexity index is 614. The van der Waals surface area contributed by atoms with Crippen LogP contribution in [0.1, 0.15) is 33.8 Å². The zero-order valence-corrected chi connectivity index (χ0v) is 13.9. The van der Waals surface area contributed by atoms with Crippen LogP contribution in [0, 0.1) is 6.92 Å². The third kappa shape index (κ3) is 3.23. The maximum atomic E-state index is 12.3.